The Hall–Kier alpha value is -1.95. The largest absolute Gasteiger partial charge is 0.497 e. The van der Waals surface area contributed by atoms with Gasteiger partial charge in [0.2, 0.25) is 0 Å². The average Bonchev–Trinajstić information content (AvgIpc) is 2.65. The van der Waals surface area contributed by atoms with Crippen molar-refractivity contribution in [2.45, 2.75) is 65.7 Å². The Kier molecular flexibility index (Phi) is 17.6. The van der Waals surface area contributed by atoms with E-state index in [2.05, 4.69) is 45.8 Å². The average molecular weight is 335 g/mol. The molecule has 3 heteroatoms. The van der Waals surface area contributed by atoms with E-state index in [0.29, 0.717) is 0 Å². The molecule has 0 atom stereocenters. The number of ether oxygens (including phenoxy) is 1. The number of rotatable bonds is 3. The Morgan fingerprint density at radius 1 is 1.08 bits per heavy atom. The Balaban J connectivity index is 0. The van der Waals surface area contributed by atoms with Crippen LogP contribution in [0.3, 0.4) is 0 Å². The smallest absolute Gasteiger partial charge is 0.306 e. The van der Waals surface area contributed by atoms with Crippen LogP contribution in [0.25, 0.3) is 0 Å². The lowest BCUT2D eigenvalue weighted by molar-refractivity contribution is -0.142. The summed E-state index contributed by atoms with van der Waals surface area (Å²) in [5, 5.41) is 8.54. The molecule has 1 aromatic rings. The summed E-state index contributed by atoms with van der Waals surface area (Å²) < 4.78 is 5.01. The van der Waals surface area contributed by atoms with Crippen LogP contribution in [0.1, 0.15) is 64.9 Å². The minimum absolute atomic E-state index is 0.0289. The topological polar surface area (TPSA) is 46.5 Å². The fourth-order valence-electron chi connectivity index (χ4n) is 2.21. The molecule has 0 aromatic heterocycles. The van der Waals surface area contributed by atoms with Crippen molar-refractivity contribution >= 4 is 5.97 Å². The highest BCUT2D eigenvalue weighted by Gasteiger charge is 2.19. The second kappa shape index (κ2) is 17.4. The first-order valence-corrected chi connectivity index (χ1v) is 8.77. The van der Waals surface area contributed by atoms with E-state index in [1.165, 1.54) is 18.4 Å². The van der Waals surface area contributed by atoms with E-state index in [-0.39, 0.29) is 5.92 Å². The molecule has 0 spiro atoms. The molecule has 136 valence electrons. The van der Waals surface area contributed by atoms with Crippen molar-refractivity contribution < 1.29 is 14.6 Å². The maximum Gasteiger partial charge on any atom is 0.306 e. The molecule has 0 saturated heterocycles. The van der Waals surface area contributed by atoms with Crippen LogP contribution in [0.5, 0.6) is 5.75 Å². The fraction of sp³-hybridized carbons (Fsp3) is 0.571. The highest BCUT2D eigenvalue weighted by Crippen LogP contribution is 2.23. The lowest BCUT2D eigenvalue weighted by Gasteiger charge is -2.16. The SMILES string of the molecule is C#C.CCC.CCc1ccc(OC)cc1.O=C(O)C1CCCCC1. The Morgan fingerprint density at radius 3 is 1.83 bits per heavy atom. The summed E-state index contributed by atoms with van der Waals surface area (Å²) in [6.07, 6.45) is 15.6. The van der Waals surface area contributed by atoms with Crippen molar-refractivity contribution in [3.8, 4) is 18.6 Å². The van der Waals surface area contributed by atoms with Gasteiger partial charge in [-0.05, 0) is 37.0 Å². The molecule has 0 heterocycles. The third-order valence-electron chi connectivity index (χ3n) is 3.52. The van der Waals surface area contributed by atoms with Gasteiger partial charge in [0.15, 0.2) is 0 Å². The first-order chi connectivity index (χ1) is 11.6. The van der Waals surface area contributed by atoms with Gasteiger partial charge in [-0.2, -0.15) is 0 Å². The van der Waals surface area contributed by atoms with Crippen molar-refractivity contribution in [2.75, 3.05) is 7.11 Å². The fourth-order valence-corrected chi connectivity index (χ4v) is 2.21. The zero-order valence-electron chi connectivity index (χ0n) is 15.8. The van der Waals surface area contributed by atoms with E-state index in [1.807, 2.05) is 12.1 Å². The van der Waals surface area contributed by atoms with Gasteiger partial charge in [-0.1, -0.05) is 58.6 Å². The number of aliphatic carboxylic acids is 1. The lowest BCUT2D eigenvalue weighted by atomic mass is 9.90. The summed E-state index contributed by atoms with van der Waals surface area (Å²) in [5.74, 6) is 0.297. The molecule has 1 aliphatic carbocycles. The molecular formula is C21H34O3. The van der Waals surface area contributed by atoms with Crippen LogP contribution in [-0.4, -0.2) is 18.2 Å². The lowest BCUT2D eigenvalue weighted by Crippen LogP contribution is -2.16. The summed E-state index contributed by atoms with van der Waals surface area (Å²) in [7, 11) is 1.68. The van der Waals surface area contributed by atoms with Crippen LogP contribution in [0, 0.1) is 18.8 Å². The standard InChI is InChI=1S/C9H12O.C7H12O2.C3H8.C2H2/c1-3-8-4-6-9(10-2)7-5-8;8-7(9)6-4-2-1-3-5-6;1-3-2;1-2/h4-7H,3H2,1-2H3;6H,1-5H2,(H,8,9);3H2,1-2H3;1-2H. The van der Waals surface area contributed by atoms with Gasteiger partial charge in [0.05, 0.1) is 13.0 Å². The molecule has 2 rings (SSSR count). The van der Waals surface area contributed by atoms with Crippen LogP contribution in [0.4, 0.5) is 0 Å². The minimum atomic E-state index is -0.602. The number of carboxylic acids is 1. The number of methoxy groups -OCH3 is 1. The van der Waals surface area contributed by atoms with Gasteiger partial charge in [-0.25, -0.2) is 0 Å². The summed E-state index contributed by atoms with van der Waals surface area (Å²) in [5.41, 5.74) is 1.35. The molecule has 0 amide bonds. The number of terminal acetylenes is 1. The molecule has 1 N–H and O–H groups in total. The molecule has 1 aliphatic rings. The highest BCUT2D eigenvalue weighted by molar-refractivity contribution is 5.69. The van der Waals surface area contributed by atoms with Crippen LogP contribution >= 0.6 is 0 Å². The molecule has 0 bridgehead atoms. The van der Waals surface area contributed by atoms with E-state index >= 15 is 0 Å². The maximum absolute atomic E-state index is 10.4. The third-order valence-corrected chi connectivity index (χ3v) is 3.52. The van der Waals surface area contributed by atoms with Gasteiger partial charge in [0, 0.05) is 0 Å². The van der Waals surface area contributed by atoms with Crippen LogP contribution in [0.2, 0.25) is 0 Å². The van der Waals surface area contributed by atoms with Crippen molar-refractivity contribution in [3.05, 3.63) is 29.8 Å². The van der Waals surface area contributed by atoms with Crippen LogP contribution < -0.4 is 4.74 Å². The maximum atomic E-state index is 10.4. The van der Waals surface area contributed by atoms with E-state index in [1.54, 1.807) is 7.11 Å². The number of carbonyl (C=O) groups is 1. The second-order valence-corrected chi connectivity index (χ2v) is 5.58. The number of carboxylic acid groups (broad SMARTS) is 1. The van der Waals surface area contributed by atoms with Crippen molar-refractivity contribution in [1.29, 1.82) is 0 Å². The van der Waals surface area contributed by atoms with E-state index < -0.39 is 5.97 Å². The van der Waals surface area contributed by atoms with E-state index in [4.69, 9.17) is 9.84 Å². The number of aryl methyl sites for hydroxylation is 1. The Morgan fingerprint density at radius 2 is 1.54 bits per heavy atom. The predicted molar refractivity (Wildman–Crippen MR) is 102 cm³/mol. The quantitative estimate of drug-likeness (QED) is 0.735. The van der Waals surface area contributed by atoms with Gasteiger partial charge < -0.3 is 9.84 Å². The van der Waals surface area contributed by atoms with Crippen molar-refractivity contribution in [1.82, 2.24) is 0 Å². The molecule has 0 unspecified atom stereocenters. The van der Waals surface area contributed by atoms with E-state index in [0.717, 1.165) is 37.9 Å². The summed E-state index contributed by atoms with van der Waals surface area (Å²) in [4.78, 5) is 10.4. The first kappa shape index (κ1) is 24.3. The number of hydrogen-bond donors (Lipinski definition) is 1. The van der Waals surface area contributed by atoms with Gasteiger partial charge in [0.1, 0.15) is 5.75 Å². The second-order valence-electron chi connectivity index (χ2n) is 5.58. The van der Waals surface area contributed by atoms with Crippen molar-refractivity contribution in [3.63, 3.8) is 0 Å². The molecular weight excluding hydrogens is 300 g/mol. The van der Waals surface area contributed by atoms with Crippen LogP contribution in [-0.2, 0) is 11.2 Å². The highest BCUT2D eigenvalue weighted by atomic mass is 16.5. The molecule has 1 fully saturated rings. The van der Waals surface area contributed by atoms with E-state index in [9.17, 15) is 4.79 Å². The van der Waals surface area contributed by atoms with Gasteiger partial charge in [-0.3, -0.25) is 4.79 Å². The summed E-state index contributed by atoms with van der Waals surface area (Å²) in [6.45, 7) is 6.39. The summed E-state index contributed by atoms with van der Waals surface area (Å²) in [6, 6.07) is 8.13. The minimum Gasteiger partial charge on any atom is -0.497 e. The first-order valence-electron chi connectivity index (χ1n) is 8.77. The number of benzene rings is 1. The summed E-state index contributed by atoms with van der Waals surface area (Å²) >= 11 is 0. The monoisotopic (exact) mass is 334 g/mol. The number of hydrogen-bond acceptors (Lipinski definition) is 2. The molecule has 0 aliphatic heterocycles. The molecule has 1 aromatic carbocycles. The third kappa shape index (κ3) is 12.6. The van der Waals surface area contributed by atoms with Crippen LogP contribution in [0.15, 0.2) is 24.3 Å². The Labute approximate surface area is 148 Å². The zero-order valence-corrected chi connectivity index (χ0v) is 15.8. The molecule has 3 nitrogen and oxygen atoms in total. The predicted octanol–water partition coefficient (Wildman–Crippen LogP) is 5.57. The molecule has 0 radical (unpaired) electrons. The van der Waals surface area contributed by atoms with Gasteiger partial charge >= 0.3 is 5.97 Å². The Bertz CT molecular complexity index is 391. The van der Waals surface area contributed by atoms with Gasteiger partial charge in [-0.15, -0.1) is 12.8 Å². The molecule has 1 saturated carbocycles. The van der Waals surface area contributed by atoms with Gasteiger partial charge in [0.25, 0.3) is 0 Å². The van der Waals surface area contributed by atoms with Crippen molar-refractivity contribution in [2.24, 2.45) is 5.92 Å². The molecule has 24 heavy (non-hydrogen) atoms. The normalized spacial score (nSPS) is 12.9. The zero-order chi connectivity index (χ0) is 18.8.